The molecular weight excluding hydrogens is 248 g/mol. The molecule has 1 aliphatic carbocycles. The van der Waals surface area contributed by atoms with Gasteiger partial charge >= 0.3 is 0 Å². The molecule has 0 atom stereocenters. The Morgan fingerprint density at radius 1 is 1.35 bits per heavy atom. The van der Waals surface area contributed by atoms with Crippen molar-refractivity contribution in [2.75, 3.05) is 0 Å². The lowest BCUT2D eigenvalue weighted by atomic mass is 10.0. The Morgan fingerprint density at radius 3 is 3.00 bits per heavy atom. The SMILES string of the molecule is CC(C)NCc1nc2c(s1)CCc1sccc1-2. The molecule has 0 bridgehead atoms. The molecule has 0 radical (unpaired) electrons. The smallest absolute Gasteiger partial charge is 0.107 e. The van der Waals surface area contributed by atoms with Crippen molar-refractivity contribution in [2.24, 2.45) is 0 Å². The molecule has 0 aliphatic heterocycles. The van der Waals surface area contributed by atoms with Gasteiger partial charge in [0.15, 0.2) is 0 Å². The molecule has 0 saturated heterocycles. The van der Waals surface area contributed by atoms with Crippen molar-refractivity contribution in [3.8, 4) is 11.3 Å². The van der Waals surface area contributed by atoms with E-state index in [4.69, 9.17) is 4.98 Å². The van der Waals surface area contributed by atoms with E-state index in [0.717, 1.165) is 6.54 Å². The second-order valence-corrected chi connectivity index (χ2v) is 6.84. The van der Waals surface area contributed by atoms with Crippen LogP contribution in [-0.4, -0.2) is 11.0 Å². The molecule has 2 aromatic rings. The van der Waals surface area contributed by atoms with Crippen molar-refractivity contribution in [2.45, 2.75) is 39.3 Å². The van der Waals surface area contributed by atoms with E-state index in [1.54, 1.807) is 0 Å². The first-order chi connectivity index (χ1) is 8.24. The van der Waals surface area contributed by atoms with Gasteiger partial charge in [0, 0.05) is 27.9 Å². The van der Waals surface area contributed by atoms with Crippen LogP contribution in [0.2, 0.25) is 0 Å². The lowest BCUT2D eigenvalue weighted by Crippen LogP contribution is -2.21. The second-order valence-electron chi connectivity index (χ2n) is 4.67. The van der Waals surface area contributed by atoms with Crippen molar-refractivity contribution >= 4 is 22.7 Å². The summed E-state index contributed by atoms with van der Waals surface area (Å²) in [5.74, 6) is 0. The van der Waals surface area contributed by atoms with Gasteiger partial charge < -0.3 is 5.32 Å². The molecule has 90 valence electrons. The minimum Gasteiger partial charge on any atom is -0.308 e. The van der Waals surface area contributed by atoms with E-state index in [0.29, 0.717) is 6.04 Å². The number of hydrogen-bond donors (Lipinski definition) is 1. The minimum absolute atomic E-state index is 0.521. The quantitative estimate of drug-likeness (QED) is 0.918. The zero-order valence-electron chi connectivity index (χ0n) is 10.1. The zero-order chi connectivity index (χ0) is 11.8. The summed E-state index contributed by atoms with van der Waals surface area (Å²) in [4.78, 5) is 7.77. The fourth-order valence-corrected chi connectivity index (χ4v) is 4.03. The van der Waals surface area contributed by atoms with Crippen molar-refractivity contribution in [1.29, 1.82) is 0 Å². The van der Waals surface area contributed by atoms with Crippen LogP contribution in [-0.2, 0) is 19.4 Å². The average Bonchev–Trinajstić information content (AvgIpc) is 2.91. The van der Waals surface area contributed by atoms with Crippen LogP contribution in [0.25, 0.3) is 11.3 Å². The Balaban J connectivity index is 1.89. The number of nitrogens with one attached hydrogen (secondary N) is 1. The molecular formula is C13H16N2S2. The molecule has 2 aromatic heterocycles. The molecule has 0 fully saturated rings. The van der Waals surface area contributed by atoms with Crippen molar-refractivity contribution in [3.63, 3.8) is 0 Å². The maximum atomic E-state index is 4.80. The number of aromatic nitrogens is 1. The van der Waals surface area contributed by atoms with Gasteiger partial charge in [-0.2, -0.15) is 0 Å². The lowest BCUT2D eigenvalue weighted by molar-refractivity contribution is 0.587. The third-order valence-electron chi connectivity index (χ3n) is 2.98. The number of thiazole rings is 1. The molecule has 4 heteroatoms. The molecule has 0 saturated carbocycles. The molecule has 0 unspecified atom stereocenters. The van der Waals surface area contributed by atoms with Crippen molar-refractivity contribution in [3.05, 3.63) is 26.2 Å². The molecule has 0 spiro atoms. The van der Waals surface area contributed by atoms with Crippen LogP contribution < -0.4 is 5.32 Å². The summed E-state index contributed by atoms with van der Waals surface area (Å²) >= 11 is 3.74. The number of thiophene rings is 1. The normalized spacial score (nSPS) is 13.8. The monoisotopic (exact) mass is 264 g/mol. The van der Waals surface area contributed by atoms with Gasteiger partial charge in [0.25, 0.3) is 0 Å². The first kappa shape index (κ1) is 11.4. The minimum atomic E-state index is 0.521. The molecule has 17 heavy (non-hydrogen) atoms. The van der Waals surface area contributed by atoms with E-state index in [-0.39, 0.29) is 0 Å². The fourth-order valence-electron chi connectivity index (χ4n) is 2.12. The highest BCUT2D eigenvalue weighted by Gasteiger charge is 2.21. The molecule has 2 heterocycles. The summed E-state index contributed by atoms with van der Waals surface area (Å²) in [6.45, 7) is 5.24. The lowest BCUT2D eigenvalue weighted by Gasteiger charge is -2.09. The Labute approximate surface area is 110 Å². The van der Waals surface area contributed by atoms with Gasteiger partial charge in [-0.1, -0.05) is 13.8 Å². The first-order valence-corrected chi connectivity index (χ1v) is 7.72. The molecule has 0 amide bonds. The number of rotatable bonds is 3. The van der Waals surface area contributed by atoms with Crippen LogP contribution in [0, 0.1) is 0 Å². The number of aryl methyl sites for hydroxylation is 2. The van der Waals surface area contributed by atoms with Crippen molar-refractivity contribution in [1.82, 2.24) is 10.3 Å². The molecule has 2 nitrogen and oxygen atoms in total. The molecule has 1 aliphatic rings. The standard InChI is InChI=1S/C13H16N2S2/c1-8(2)14-7-12-15-13-9-5-6-16-10(9)3-4-11(13)17-12/h5-6,8,14H,3-4,7H2,1-2H3. The van der Waals surface area contributed by atoms with Crippen molar-refractivity contribution < 1.29 is 0 Å². The Morgan fingerprint density at radius 2 is 2.18 bits per heavy atom. The van der Waals surface area contributed by atoms with Gasteiger partial charge in [-0.25, -0.2) is 4.98 Å². The molecule has 0 aromatic carbocycles. The number of hydrogen-bond acceptors (Lipinski definition) is 4. The van der Waals surface area contributed by atoms with E-state index in [1.165, 1.54) is 38.9 Å². The van der Waals surface area contributed by atoms with Crippen LogP contribution in [0.4, 0.5) is 0 Å². The van der Waals surface area contributed by atoms with Crippen LogP contribution in [0.3, 0.4) is 0 Å². The molecule has 3 rings (SSSR count). The zero-order valence-corrected chi connectivity index (χ0v) is 11.8. The van der Waals surface area contributed by atoms with Gasteiger partial charge in [0.1, 0.15) is 5.01 Å². The van der Waals surface area contributed by atoms with Crippen LogP contribution in [0.1, 0.15) is 28.6 Å². The third kappa shape index (κ3) is 2.17. The van der Waals surface area contributed by atoms with Crippen LogP contribution >= 0.6 is 22.7 Å². The maximum Gasteiger partial charge on any atom is 0.107 e. The van der Waals surface area contributed by atoms with E-state index in [2.05, 4.69) is 30.6 Å². The summed E-state index contributed by atoms with van der Waals surface area (Å²) in [7, 11) is 0. The predicted octanol–water partition coefficient (Wildman–Crippen LogP) is 3.47. The number of nitrogens with zero attached hydrogens (tertiary/aromatic N) is 1. The summed E-state index contributed by atoms with van der Waals surface area (Å²) < 4.78 is 0. The van der Waals surface area contributed by atoms with Crippen LogP contribution in [0.15, 0.2) is 11.4 Å². The van der Waals surface area contributed by atoms with E-state index in [1.807, 2.05) is 22.7 Å². The highest BCUT2D eigenvalue weighted by Crippen LogP contribution is 2.38. The summed E-state index contributed by atoms with van der Waals surface area (Å²) in [5, 5.41) is 6.85. The topological polar surface area (TPSA) is 24.9 Å². The third-order valence-corrected chi connectivity index (χ3v) is 5.08. The van der Waals surface area contributed by atoms with Crippen LogP contribution in [0.5, 0.6) is 0 Å². The summed E-state index contributed by atoms with van der Waals surface area (Å²) in [6, 6.07) is 2.74. The van der Waals surface area contributed by atoms with E-state index in [9.17, 15) is 0 Å². The van der Waals surface area contributed by atoms with Gasteiger partial charge in [-0.3, -0.25) is 0 Å². The predicted molar refractivity (Wildman–Crippen MR) is 74.8 cm³/mol. The van der Waals surface area contributed by atoms with Gasteiger partial charge in [0.2, 0.25) is 0 Å². The Hall–Kier alpha value is -0.710. The Bertz CT molecular complexity index is 525. The number of fused-ring (bicyclic) bond motifs is 3. The highest BCUT2D eigenvalue weighted by molar-refractivity contribution is 7.12. The van der Waals surface area contributed by atoms with Gasteiger partial charge in [-0.05, 0) is 24.3 Å². The van der Waals surface area contributed by atoms with E-state index >= 15 is 0 Å². The summed E-state index contributed by atoms with van der Waals surface area (Å²) in [6.07, 6.45) is 2.36. The maximum absolute atomic E-state index is 4.80. The highest BCUT2D eigenvalue weighted by atomic mass is 32.1. The Kier molecular flexibility index (Phi) is 3.03. The first-order valence-electron chi connectivity index (χ1n) is 6.02. The van der Waals surface area contributed by atoms with Gasteiger partial charge in [-0.15, -0.1) is 22.7 Å². The fraction of sp³-hybridized carbons (Fsp3) is 0.462. The largest absolute Gasteiger partial charge is 0.308 e. The second kappa shape index (κ2) is 4.52. The summed E-state index contributed by atoms with van der Waals surface area (Å²) in [5.41, 5.74) is 2.63. The molecule has 1 N–H and O–H groups in total. The van der Waals surface area contributed by atoms with E-state index < -0.39 is 0 Å². The average molecular weight is 264 g/mol. The van der Waals surface area contributed by atoms with Gasteiger partial charge in [0.05, 0.1) is 5.69 Å².